The number of thiazole rings is 1. The second-order valence-corrected chi connectivity index (χ2v) is 9.30. The van der Waals surface area contributed by atoms with Gasteiger partial charge < -0.3 is 9.30 Å². The normalized spacial score (nSPS) is 11.9. The smallest absolute Gasteiger partial charge is 0.279 e. The van der Waals surface area contributed by atoms with E-state index in [1.54, 1.807) is 23.5 Å². The lowest BCUT2D eigenvalue weighted by molar-refractivity contribution is 0.0998. The van der Waals surface area contributed by atoms with Crippen molar-refractivity contribution in [3.05, 3.63) is 52.8 Å². The van der Waals surface area contributed by atoms with E-state index in [9.17, 15) is 4.79 Å². The zero-order valence-corrected chi connectivity index (χ0v) is 18.8. The van der Waals surface area contributed by atoms with E-state index in [1.807, 2.05) is 43.3 Å². The fourth-order valence-corrected chi connectivity index (χ4v) is 4.92. The molecule has 0 atom stereocenters. The van der Waals surface area contributed by atoms with Crippen LogP contribution < -0.4 is 9.54 Å². The predicted octanol–water partition coefficient (Wildman–Crippen LogP) is 5.32. The minimum atomic E-state index is -0.206. The molecule has 2 aromatic carbocycles. The molecule has 0 aliphatic carbocycles. The lowest BCUT2D eigenvalue weighted by Crippen LogP contribution is -2.18. The third-order valence-electron chi connectivity index (χ3n) is 4.09. The Morgan fingerprint density at radius 2 is 1.96 bits per heavy atom. The summed E-state index contributed by atoms with van der Waals surface area (Å²) in [5, 5.41) is 0. The van der Waals surface area contributed by atoms with Gasteiger partial charge in [-0.3, -0.25) is 4.79 Å². The standard InChI is InChI=1S/C21H24N2O2S3/c1-4-25-16-8-11-18-19(14-16)28-21(23(18)12-13-26-3)22-20(24)15-6-9-17(10-7-15)27-5-2/h6-11,14H,4-5,12-13H2,1-3H3. The van der Waals surface area contributed by atoms with Gasteiger partial charge in [-0.15, -0.1) is 11.8 Å². The SMILES string of the molecule is CCOc1ccc2c(c1)sc(=NC(=O)c1ccc(SCC)cc1)n2CCSC. The van der Waals surface area contributed by atoms with Crippen LogP contribution in [0, 0.1) is 0 Å². The number of fused-ring (bicyclic) bond motifs is 1. The van der Waals surface area contributed by atoms with E-state index in [0.29, 0.717) is 12.2 Å². The summed E-state index contributed by atoms with van der Waals surface area (Å²) in [4.78, 5) is 19.1. The van der Waals surface area contributed by atoms with Crippen molar-refractivity contribution in [3.8, 4) is 5.75 Å². The topological polar surface area (TPSA) is 43.6 Å². The van der Waals surface area contributed by atoms with Gasteiger partial charge in [-0.25, -0.2) is 0 Å². The number of ether oxygens (including phenoxy) is 1. The zero-order valence-electron chi connectivity index (χ0n) is 16.3. The summed E-state index contributed by atoms with van der Waals surface area (Å²) in [6.45, 7) is 5.53. The molecule has 0 aliphatic rings. The van der Waals surface area contributed by atoms with E-state index in [2.05, 4.69) is 28.8 Å². The number of carbonyl (C=O) groups is 1. The van der Waals surface area contributed by atoms with Crippen molar-refractivity contribution in [1.29, 1.82) is 0 Å². The fraction of sp³-hybridized carbons (Fsp3) is 0.333. The van der Waals surface area contributed by atoms with E-state index in [-0.39, 0.29) is 5.91 Å². The first-order valence-corrected chi connectivity index (χ1v) is 12.4. The molecule has 148 valence electrons. The Morgan fingerprint density at radius 1 is 1.18 bits per heavy atom. The highest BCUT2D eigenvalue weighted by Gasteiger charge is 2.10. The van der Waals surface area contributed by atoms with Crippen LogP contribution in [0.25, 0.3) is 10.2 Å². The second kappa shape index (κ2) is 10.2. The van der Waals surface area contributed by atoms with Gasteiger partial charge in [0.2, 0.25) is 0 Å². The number of rotatable bonds is 8. The van der Waals surface area contributed by atoms with E-state index in [0.717, 1.165) is 38.8 Å². The van der Waals surface area contributed by atoms with Crippen molar-refractivity contribution in [2.24, 2.45) is 4.99 Å². The Labute approximate surface area is 178 Å². The van der Waals surface area contributed by atoms with Crippen LogP contribution >= 0.6 is 34.9 Å². The summed E-state index contributed by atoms with van der Waals surface area (Å²) in [5.74, 6) is 2.61. The van der Waals surface area contributed by atoms with Crippen molar-refractivity contribution in [1.82, 2.24) is 4.57 Å². The third-order valence-corrected chi connectivity index (χ3v) is 6.62. The van der Waals surface area contributed by atoms with E-state index >= 15 is 0 Å². The maximum absolute atomic E-state index is 12.7. The summed E-state index contributed by atoms with van der Waals surface area (Å²) in [5.41, 5.74) is 1.70. The Kier molecular flexibility index (Phi) is 7.65. The van der Waals surface area contributed by atoms with Crippen LogP contribution in [-0.4, -0.2) is 34.8 Å². The molecule has 0 unspecified atom stereocenters. The summed E-state index contributed by atoms with van der Waals surface area (Å²) in [6, 6.07) is 13.7. The van der Waals surface area contributed by atoms with Gasteiger partial charge in [0.05, 0.1) is 16.8 Å². The van der Waals surface area contributed by atoms with Crippen molar-refractivity contribution < 1.29 is 9.53 Å². The quantitative estimate of drug-likeness (QED) is 0.452. The minimum Gasteiger partial charge on any atom is -0.494 e. The first-order chi connectivity index (χ1) is 13.7. The monoisotopic (exact) mass is 432 g/mol. The maximum Gasteiger partial charge on any atom is 0.279 e. The minimum absolute atomic E-state index is 0.206. The van der Waals surface area contributed by atoms with Gasteiger partial charge in [0.25, 0.3) is 5.91 Å². The number of benzene rings is 2. The molecule has 0 saturated heterocycles. The Hall–Kier alpha value is -1.70. The number of amides is 1. The molecule has 1 heterocycles. The summed E-state index contributed by atoms with van der Waals surface area (Å²) < 4.78 is 8.83. The maximum atomic E-state index is 12.7. The summed E-state index contributed by atoms with van der Waals surface area (Å²) in [6.07, 6.45) is 2.08. The van der Waals surface area contributed by atoms with Crippen LogP contribution in [0.3, 0.4) is 0 Å². The van der Waals surface area contributed by atoms with Crippen LogP contribution in [0.15, 0.2) is 52.4 Å². The lowest BCUT2D eigenvalue weighted by atomic mass is 10.2. The average Bonchev–Trinajstić information content (AvgIpc) is 3.03. The van der Waals surface area contributed by atoms with Crippen LogP contribution in [0.4, 0.5) is 0 Å². The molecular formula is C21H24N2O2S3. The number of aromatic nitrogens is 1. The van der Waals surface area contributed by atoms with Gasteiger partial charge in [0.1, 0.15) is 5.75 Å². The molecule has 0 aliphatic heterocycles. The highest BCUT2D eigenvalue weighted by atomic mass is 32.2. The first kappa shape index (κ1) is 21.0. The Morgan fingerprint density at radius 3 is 2.64 bits per heavy atom. The number of carbonyl (C=O) groups excluding carboxylic acids is 1. The van der Waals surface area contributed by atoms with Gasteiger partial charge in [-0.1, -0.05) is 18.3 Å². The van der Waals surface area contributed by atoms with Gasteiger partial charge in [0.15, 0.2) is 4.80 Å². The Balaban J connectivity index is 1.99. The van der Waals surface area contributed by atoms with Crippen LogP contribution in [0.5, 0.6) is 5.75 Å². The molecule has 0 fully saturated rings. The van der Waals surface area contributed by atoms with Crippen molar-refractivity contribution in [2.45, 2.75) is 25.3 Å². The number of hydrogen-bond acceptors (Lipinski definition) is 5. The van der Waals surface area contributed by atoms with E-state index < -0.39 is 0 Å². The van der Waals surface area contributed by atoms with Gasteiger partial charge in [-0.2, -0.15) is 16.8 Å². The number of thioether (sulfide) groups is 2. The van der Waals surface area contributed by atoms with Crippen molar-refractivity contribution in [3.63, 3.8) is 0 Å². The van der Waals surface area contributed by atoms with Gasteiger partial charge >= 0.3 is 0 Å². The average molecular weight is 433 g/mol. The largest absolute Gasteiger partial charge is 0.494 e. The van der Waals surface area contributed by atoms with E-state index in [1.165, 1.54) is 16.2 Å². The molecule has 0 N–H and O–H groups in total. The molecule has 4 nitrogen and oxygen atoms in total. The predicted molar refractivity (Wildman–Crippen MR) is 122 cm³/mol. The number of hydrogen-bond donors (Lipinski definition) is 0. The van der Waals surface area contributed by atoms with E-state index in [4.69, 9.17) is 4.74 Å². The first-order valence-electron chi connectivity index (χ1n) is 9.23. The molecule has 3 aromatic rings. The molecule has 0 spiro atoms. The van der Waals surface area contributed by atoms with Crippen LogP contribution in [0.1, 0.15) is 24.2 Å². The fourth-order valence-electron chi connectivity index (χ4n) is 2.81. The summed E-state index contributed by atoms with van der Waals surface area (Å²) in [7, 11) is 0. The molecule has 1 aromatic heterocycles. The number of nitrogens with zero attached hydrogens (tertiary/aromatic N) is 2. The van der Waals surface area contributed by atoms with Crippen molar-refractivity contribution >= 4 is 51.0 Å². The van der Waals surface area contributed by atoms with Gasteiger partial charge in [-0.05, 0) is 61.4 Å². The molecule has 28 heavy (non-hydrogen) atoms. The molecule has 1 amide bonds. The molecule has 0 radical (unpaired) electrons. The lowest BCUT2D eigenvalue weighted by Gasteiger charge is -2.05. The second-order valence-electron chi connectivity index (χ2n) is 5.97. The molecule has 0 saturated carbocycles. The molecule has 0 bridgehead atoms. The molecular weight excluding hydrogens is 408 g/mol. The van der Waals surface area contributed by atoms with Gasteiger partial charge in [0, 0.05) is 22.8 Å². The van der Waals surface area contributed by atoms with Crippen LogP contribution in [-0.2, 0) is 6.54 Å². The van der Waals surface area contributed by atoms with Crippen molar-refractivity contribution in [2.75, 3.05) is 24.4 Å². The zero-order chi connectivity index (χ0) is 19.9. The molecule has 3 rings (SSSR count). The summed E-state index contributed by atoms with van der Waals surface area (Å²) >= 11 is 5.07. The third kappa shape index (κ3) is 5.01. The number of aryl methyl sites for hydroxylation is 1. The Bertz CT molecular complexity index is 1010. The highest BCUT2D eigenvalue weighted by molar-refractivity contribution is 7.99. The highest BCUT2D eigenvalue weighted by Crippen LogP contribution is 2.24. The molecule has 7 heteroatoms. The van der Waals surface area contributed by atoms with Crippen LogP contribution in [0.2, 0.25) is 0 Å².